The van der Waals surface area contributed by atoms with Gasteiger partial charge < -0.3 is 19.9 Å². The third-order valence-corrected chi connectivity index (χ3v) is 8.14. The number of likely N-dealkylation sites (N-methyl/N-ethyl adjacent to an activating group) is 1. The molecule has 38 heavy (non-hydrogen) atoms. The number of ether oxygens (including phenoxy) is 1. The van der Waals surface area contributed by atoms with Gasteiger partial charge in [0, 0.05) is 38.6 Å². The predicted octanol–water partition coefficient (Wildman–Crippen LogP) is 4.67. The Morgan fingerprint density at radius 1 is 1.00 bits per heavy atom. The number of piperidine rings is 1. The number of hydrogen-bond acceptors (Lipinski definition) is 5. The molecule has 2 aromatic carbocycles. The molecule has 6 heteroatoms. The monoisotopic (exact) mass is 520 g/mol. The number of nitrogens with one attached hydrogen (secondary N) is 1. The van der Waals surface area contributed by atoms with Gasteiger partial charge in [-0.1, -0.05) is 63.2 Å². The maximum Gasteiger partial charge on any atom is 0.223 e. The number of carbonyl (C=O) groups is 1. The standard InChI is InChI=1S/C32H48N4O2/c1-32(2,3)29-24-35(19-20-36(29)30(37)23-25-15-17-33-18-16-25)31(26-9-7-6-8-10-26)27-11-13-28(14-12-27)38-22-21-34(4)5/h6-14,25,29,31,33H,15-24H2,1-5H3/t29-,31?/m1/s1. The minimum absolute atomic E-state index is 0.00613. The van der Waals surface area contributed by atoms with Gasteiger partial charge in [0.25, 0.3) is 0 Å². The lowest BCUT2D eigenvalue weighted by atomic mass is 9.82. The number of hydrogen-bond donors (Lipinski definition) is 1. The Labute approximate surface area is 230 Å². The number of benzene rings is 2. The lowest BCUT2D eigenvalue weighted by molar-refractivity contribution is -0.141. The van der Waals surface area contributed by atoms with Crippen molar-refractivity contribution < 1.29 is 9.53 Å². The minimum atomic E-state index is -0.00613. The average Bonchev–Trinajstić information content (AvgIpc) is 2.90. The molecule has 2 aliphatic heterocycles. The van der Waals surface area contributed by atoms with Crippen LogP contribution in [0.5, 0.6) is 5.75 Å². The fourth-order valence-electron chi connectivity index (χ4n) is 5.87. The molecule has 0 saturated carbocycles. The molecule has 2 aromatic rings. The van der Waals surface area contributed by atoms with Crippen LogP contribution >= 0.6 is 0 Å². The van der Waals surface area contributed by atoms with Crippen LogP contribution in [0.1, 0.15) is 57.2 Å². The molecule has 4 rings (SSSR count). The third-order valence-electron chi connectivity index (χ3n) is 8.14. The molecule has 0 aliphatic carbocycles. The van der Waals surface area contributed by atoms with E-state index in [0.717, 1.165) is 57.9 Å². The van der Waals surface area contributed by atoms with E-state index in [2.05, 4.69) is 109 Å². The molecule has 1 N–H and O–H groups in total. The molecule has 1 amide bonds. The summed E-state index contributed by atoms with van der Waals surface area (Å²) in [5.41, 5.74) is 2.54. The van der Waals surface area contributed by atoms with E-state index in [1.54, 1.807) is 0 Å². The van der Waals surface area contributed by atoms with Crippen LogP contribution < -0.4 is 10.1 Å². The first-order valence-corrected chi connectivity index (χ1v) is 14.4. The number of amides is 1. The Morgan fingerprint density at radius 3 is 2.29 bits per heavy atom. The van der Waals surface area contributed by atoms with Crippen molar-refractivity contribution in [2.24, 2.45) is 11.3 Å². The topological polar surface area (TPSA) is 48.1 Å². The molecular weight excluding hydrogens is 472 g/mol. The van der Waals surface area contributed by atoms with Gasteiger partial charge in [0.15, 0.2) is 0 Å². The number of piperazine rings is 1. The van der Waals surface area contributed by atoms with Crippen molar-refractivity contribution >= 4 is 5.91 Å². The van der Waals surface area contributed by atoms with Crippen LogP contribution in [0.15, 0.2) is 54.6 Å². The van der Waals surface area contributed by atoms with E-state index < -0.39 is 0 Å². The van der Waals surface area contributed by atoms with Gasteiger partial charge in [-0.3, -0.25) is 9.69 Å². The maximum atomic E-state index is 13.6. The molecule has 208 valence electrons. The first-order valence-electron chi connectivity index (χ1n) is 14.4. The summed E-state index contributed by atoms with van der Waals surface area (Å²) in [6.45, 7) is 13.0. The largest absolute Gasteiger partial charge is 0.492 e. The van der Waals surface area contributed by atoms with Gasteiger partial charge in [-0.25, -0.2) is 0 Å². The van der Waals surface area contributed by atoms with Gasteiger partial charge in [-0.15, -0.1) is 0 Å². The van der Waals surface area contributed by atoms with E-state index in [4.69, 9.17) is 4.74 Å². The molecule has 0 aromatic heterocycles. The lowest BCUT2D eigenvalue weighted by Gasteiger charge is -2.49. The molecule has 2 atom stereocenters. The Hall–Kier alpha value is -2.41. The lowest BCUT2D eigenvalue weighted by Crippen LogP contribution is -2.60. The Morgan fingerprint density at radius 2 is 1.66 bits per heavy atom. The molecule has 0 radical (unpaired) electrons. The molecule has 6 nitrogen and oxygen atoms in total. The quantitative estimate of drug-likeness (QED) is 0.521. The minimum Gasteiger partial charge on any atom is -0.492 e. The van der Waals surface area contributed by atoms with E-state index in [-0.39, 0.29) is 17.5 Å². The van der Waals surface area contributed by atoms with Crippen molar-refractivity contribution in [2.45, 2.75) is 52.1 Å². The summed E-state index contributed by atoms with van der Waals surface area (Å²) in [6.07, 6.45) is 2.90. The van der Waals surface area contributed by atoms with Crippen molar-refractivity contribution in [3.05, 3.63) is 65.7 Å². The van der Waals surface area contributed by atoms with Crippen LogP contribution in [0.3, 0.4) is 0 Å². The number of rotatable bonds is 9. The average molecular weight is 521 g/mol. The molecule has 2 aliphatic rings. The molecule has 1 unspecified atom stereocenters. The number of nitrogens with zero attached hydrogens (tertiary/aromatic N) is 3. The second kappa shape index (κ2) is 13.1. The Bertz CT molecular complexity index is 996. The summed E-state index contributed by atoms with van der Waals surface area (Å²) >= 11 is 0. The van der Waals surface area contributed by atoms with Gasteiger partial charge in [-0.2, -0.15) is 0 Å². The van der Waals surface area contributed by atoms with Crippen molar-refractivity contribution in [3.8, 4) is 5.75 Å². The van der Waals surface area contributed by atoms with E-state index in [1.807, 2.05) is 0 Å². The molecular formula is C32H48N4O2. The van der Waals surface area contributed by atoms with Crippen molar-refractivity contribution in [1.82, 2.24) is 20.0 Å². The summed E-state index contributed by atoms with van der Waals surface area (Å²) in [4.78, 5) is 20.5. The molecule has 0 spiro atoms. The van der Waals surface area contributed by atoms with Crippen LogP contribution in [-0.2, 0) is 4.79 Å². The highest BCUT2D eigenvalue weighted by atomic mass is 16.5. The predicted molar refractivity (Wildman–Crippen MR) is 156 cm³/mol. The summed E-state index contributed by atoms with van der Waals surface area (Å²) in [5, 5.41) is 3.43. The van der Waals surface area contributed by atoms with Gasteiger partial charge in [0.05, 0.1) is 6.04 Å². The fourth-order valence-corrected chi connectivity index (χ4v) is 5.87. The second-order valence-electron chi connectivity index (χ2n) is 12.4. The van der Waals surface area contributed by atoms with Crippen LogP contribution in [-0.4, -0.2) is 86.6 Å². The highest BCUT2D eigenvalue weighted by molar-refractivity contribution is 5.77. The van der Waals surface area contributed by atoms with Crippen LogP contribution in [0.4, 0.5) is 0 Å². The van der Waals surface area contributed by atoms with Crippen molar-refractivity contribution in [3.63, 3.8) is 0 Å². The number of carbonyl (C=O) groups excluding carboxylic acids is 1. The third kappa shape index (κ3) is 7.58. The van der Waals surface area contributed by atoms with Gasteiger partial charge >= 0.3 is 0 Å². The van der Waals surface area contributed by atoms with Gasteiger partial charge in [-0.05, 0) is 74.6 Å². The van der Waals surface area contributed by atoms with E-state index in [9.17, 15) is 4.79 Å². The van der Waals surface area contributed by atoms with Crippen LogP contribution in [0, 0.1) is 11.3 Å². The summed E-state index contributed by atoms with van der Waals surface area (Å²) in [7, 11) is 4.12. The summed E-state index contributed by atoms with van der Waals surface area (Å²) in [6, 6.07) is 19.7. The van der Waals surface area contributed by atoms with Crippen LogP contribution in [0.2, 0.25) is 0 Å². The van der Waals surface area contributed by atoms with Gasteiger partial charge in [0.1, 0.15) is 12.4 Å². The first-order chi connectivity index (χ1) is 18.2. The molecule has 2 saturated heterocycles. The Kier molecular flexibility index (Phi) is 9.85. The highest BCUT2D eigenvalue weighted by Gasteiger charge is 2.40. The van der Waals surface area contributed by atoms with Crippen molar-refractivity contribution in [2.75, 3.05) is 60.0 Å². The van der Waals surface area contributed by atoms with Crippen molar-refractivity contribution in [1.29, 1.82) is 0 Å². The fraction of sp³-hybridized carbons (Fsp3) is 0.594. The molecule has 0 bridgehead atoms. The normalized spacial score (nSPS) is 20.5. The van der Waals surface area contributed by atoms with E-state index in [1.165, 1.54) is 11.1 Å². The zero-order valence-corrected chi connectivity index (χ0v) is 24.2. The maximum absolute atomic E-state index is 13.6. The van der Waals surface area contributed by atoms with E-state index >= 15 is 0 Å². The van der Waals surface area contributed by atoms with Crippen LogP contribution in [0.25, 0.3) is 0 Å². The SMILES string of the molecule is CN(C)CCOc1ccc(C(c2ccccc2)N2CCN(C(=O)CC3CCNCC3)[C@@H](C(C)(C)C)C2)cc1. The second-order valence-corrected chi connectivity index (χ2v) is 12.4. The highest BCUT2D eigenvalue weighted by Crippen LogP contribution is 2.36. The molecule has 2 fully saturated rings. The smallest absolute Gasteiger partial charge is 0.223 e. The van der Waals surface area contributed by atoms with E-state index in [0.29, 0.717) is 24.9 Å². The van der Waals surface area contributed by atoms with Gasteiger partial charge in [0.2, 0.25) is 5.91 Å². The first kappa shape index (κ1) is 28.6. The zero-order valence-electron chi connectivity index (χ0n) is 24.2. The summed E-state index contributed by atoms with van der Waals surface area (Å²) < 4.78 is 5.96. The molecule has 2 heterocycles. The zero-order chi connectivity index (χ0) is 27.1. The summed E-state index contributed by atoms with van der Waals surface area (Å²) in [5.74, 6) is 1.76. The Balaban J connectivity index is 1.53.